The van der Waals surface area contributed by atoms with Crippen LogP contribution in [0.2, 0.25) is 0 Å². The fourth-order valence-electron chi connectivity index (χ4n) is 3.48. The Morgan fingerprint density at radius 2 is 1.80 bits per heavy atom. The third kappa shape index (κ3) is 7.82. The Bertz CT molecular complexity index is 704. The van der Waals surface area contributed by atoms with E-state index in [0.717, 1.165) is 56.9 Å². The molecule has 3 rings (SSSR count). The number of aliphatic imine (C=N–C) groups is 1. The molecule has 1 atom stereocenters. The Balaban J connectivity index is 0.00000320. The molecule has 3 N–H and O–H groups in total. The zero-order valence-electron chi connectivity index (χ0n) is 18.1. The minimum absolute atomic E-state index is 0. The number of nitrogens with one attached hydrogen (secondary N) is 3. The number of amides is 1. The first-order valence-corrected chi connectivity index (χ1v) is 10.4. The third-order valence-electron chi connectivity index (χ3n) is 5.10. The summed E-state index contributed by atoms with van der Waals surface area (Å²) < 4.78 is 10.7. The van der Waals surface area contributed by atoms with Gasteiger partial charge in [0.2, 0.25) is 5.91 Å². The minimum Gasteiger partial charge on any atom is -0.497 e. The van der Waals surface area contributed by atoms with Gasteiger partial charge in [0.25, 0.3) is 0 Å². The standard InChI is InChI=1S/C21H33N5O3.HI/c1-4-22-21(23-12-20(27)24-16-5-6-16)25-17-7-8-26(14-17)13-15-9-18(28-2)11-19(10-15)29-3;/h9-11,16-17H,4-8,12-14H2,1-3H3,(H,24,27)(H2,22,23,25);1H. The molecule has 0 aromatic heterocycles. The Hall–Kier alpha value is -1.75. The second kappa shape index (κ2) is 12.2. The van der Waals surface area contributed by atoms with Crippen molar-refractivity contribution in [2.75, 3.05) is 40.4 Å². The summed E-state index contributed by atoms with van der Waals surface area (Å²) in [5.41, 5.74) is 1.17. The van der Waals surface area contributed by atoms with Crippen LogP contribution in [-0.2, 0) is 11.3 Å². The van der Waals surface area contributed by atoms with E-state index >= 15 is 0 Å². The summed E-state index contributed by atoms with van der Waals surface area (Å²) in [5, 5.41) is 9.67. The van der Waals surface area contributed by atoms with Crippen LogP contribution in [0.5, 0.6) is 11.5 Å². The molecule has 1 saturated heterocycles. The number of rotatable bonds is 9. The van der Waals surface area contributed by atoms with E-state index in [0.29, 0.717) is 18.0 Å². The summed E-state index contributed by atoms with van der Waals surface area (Å²) in [6.07, 6.45) is 3.20. The topological polar surface area (TPSA) is 87.2 Å². The Labute approximate surface area is 196 Å². The molecule has 0 radical (unpaired) electrons. The molecule has 168 valence electrons. The average molecular weight is 531 g/mol. The van der Waals surface area contributed by atoms with Gasteiger partial charge in [-0.2, -0.15) is 0 Å². The number of methoxy groups -OCH3 is 2. The molecule has 1 unspecified atom stereocenters. The predicted molar refractivity (Wildman–Crippen MR) is 129 cm³/mol. The lowest BCUT2D eigenvalue weighted by Crippen LogP contribution is -2.45. The van der Waals surface area contributed by atoms with Gasteiger partial charge in [-0.05, 0) is 43.9 Å². The maximum atomic E-state index is 11.9. The Morgan fingerprint density at radius 3 is 2.40 bits per heavy atom. The highest BCUT2D eigenvalue weighted by molar-refractivity contribution is 14.0. The molecular weight excluding hydrogens is 497 g/mol. The molecule has 2 aliphatic rings. The quantitative estimate of drug-likeness (QED) is 0.256. The molecule has 9 heteroatoms. The fraction of sp³-hybridized carbons (Fsp3) is 0.619. The third-order valence-corrected chi connectivity index (χ3v) is 5.10. The van der Waals surface area contributed by atoms with Gasteiger partial charge in [-0.1, -0.05) is 0 Å². The molecule has 1 saturated carbocycles. The van der Waals surface area contributed by atoms with E-state index < -0.39 is 0 Å². The van der Waals surface area contributed by atoms with E-state index in [1.807, 2.05) is 25.1 Å². The van der Waals surface area contributed by atoms with Gasteiger partial charge < -0.3 is 25.4 Å². The monoisotopic (exact) mass is 531 g/mol. The van der Waals surface area contributed by atoms with Gasteiger partial charge in [-0.15, -0.1) is 24.0 Å². The number of ether oxygens (including phenoxy) is 2. The number of nitrogens with zero attached hydrogens (tertiary/aromatic N) is 2. The van der Waals surface area contributed by atoms with Crippen molar-refractivity contribution in [3.63, 3.8) is 0 Å². The molecule has 2 fully saturated rings. The lowest BCUT2D eigenvalue weighted by molar-refractivity contribution is -0.119. The number of carbonyl (C=O) groups is 1. The Kier molecular flexibility index (Phi) is 9.96. The van der Waals surface area contributed by atoms with E-state index in [4.69, 9.17) is 9.47 Å². The Morgan fingerprint density at radius 1 is 1.10 bits per heavy atom. The SMILES string of the molecule is CCNC(=NCC(=O)NC1CC1)NC1CCN(Cc2cc(OC)cc(OC)c2)C1.I. The summed E-state index contributed by atoms with van der Waals surface area (Å²) >= 11 is 0. The molecular formula is C21H34IN5O3. The number of hydrogen-bond acceptors (Lipinski definition) is 5. The van der Waals surface area contributed by atoms with Crippen molar-refractivity contribution in [3.8, 4) is 11.5 Å². The first-order valence-electron chi connectivity index (χ1n) is 10.4. The number of halogens is 1. The number of hydrogen-bond donors (Lipinski definition) is 3. The second-order valence-corrected chi connectivity index (χ2v) is 7.62. The molecule has 1 heterocycles. The smallest absolute Gasteiger partial charge is 0.242 e. The maximum absolute atomic E-state index is 11.9. The van der Waals surface area contributed by atoms with Gasteiger partial charge in [0.05, 0.1) is 14.2 Å². The van der Waals surface area contributed by atoms with Crippen LogP contribution >= 0.6 is 24.0 Å². The van der Waals surface area contributed by atoms with Crippen LogP contribution in [0, 0.1) is 0 Å². The zero-order chi connectivity index (χ0) is 20.6. The first kappa shape index (κ1) is 24.5. The van der Waals surface area contributed by atoms with Crippen LogP contribution in [0.25, 0.3) is 0 Å². The second-order valence-electron chi connectivity index (χ2n) is 7.62. The first-order chi connectivity index (χ1) is 14.1. The minimum atomic E-state index is -0.00952. The molecule has 1 aliphatic carbocycles. The highest BCUT2D eigenvalue weighted by atomic mass is 127. The summed E-state index contributed by atoms with van der Waals surface area (Å²) in [6.45, 7) is 5.70. The van der Waals surface area contributed by atoms with Gasteiger partial charge in [-0.3, -0.25) is 9.69 Å². The molecule has 8 nitrogen and oxygen atoms in total. The molecule has 1 aromatic carbocycles. The van der Waals surface area contributed by atoms with Crippen molar-refractivity contribution < 1.29 is 14.3 Å². The van der Waals surface area contributed by atoms with Gasteiger partial charge >= 0.3 is 0 Å². The van der Waals surface area contributed by atoms with Crippen LogP contribution in [0.4, 0.5) is 0 Å². The van der Waals surface area contributed by atoms with Gasteiger partial charge in [-0.25, -0.2) is 4.99 Å². The van der Waals surface area contributed by atoms with Gasteiger partial charge in [0.15, 0.2) is 5.96 Å². The van der Waals surface area contributed by atoms with Gasteiger partial charge in [0.1, 0.15) is 18.0 Å². The normalized spacial score (nSPS) is 19.0. The van der Waals surface area contributed by atoms with Crippen LogP contribution < -0.4 is 25.4 Å². The molecule has 1 aromatic rings. The number of guanidine groups is 1. The lowest BCUT2D eigenvalue weighted by Gasteiger charge is -2.19. The van der Waals surface area contributed by atoms with Crippen molar-refractivity contribution in [1.29, 1.82) is 0 Å². The summed E-state index contributed by atoms with van der Waals surface area (Å²) in [5.74, 6) is 2.30. The summed E-state index contributed by atoms with van der Waals surface area (Å²) in [6, 6.07) is 6.65. The van der Waals surface area contributed by atoms with Crippen molar-refractivity contribution in [1.82, 2.24) is 20.9 Å². The van der Waals surface area contributed by atoms with Crippen LogP contribution in [0.15, 0.2) is 23.2 Å². The predicted octanol–water partition coefficient (Wildman–Crippen LogP) is 1.73. The largest absolute Gasteiger partial charge is 0.497 e. The van der Waals surface area contributed by atoms with Gasteiger partial charge in [0, 0.05) is 44.3 Å². The van der Waals surface area contributed by atoms with E-state index in [2.05, 4.69) is 25.8 Å². The van der Waals surface area contributed by atoms with Crippen LogP contribution in [0.1, 0.15) is 31.7 Å². The van der Waals surface area contributed by atoms with Crippen molar-refractivity contribution in [3.05, 3.63) is 23.8 Å². The van der Waals surface area contributed by atoms with Crippen molar-refractivity contribution in [2.24, 2.45) is 4.99 Å². The number of carbonyl (C=O) groups excluding carboxylic acids is 1. The molecule has 1 amide bonds. The van der Waals surface area contributed by atoms with Crippen molar-refractivity contribution >= 4 is 35.8 Å². The maximum Gasteiger partial charge on any atom is 0.242 e. The average Bonchev–Trinajstić information content (AvgIpc) is 3.43. The molecule has 0 bridgehead atoms. The highest BCUT2D eigenvalue weighted by Gasteiger charge is 2.25. The zero-order valence-corrected chi connectivity index (χ0v) is 20.4. The summed E-state index contributed by atoms with van der Waals surface area (Å²) in [4.78, 5) is 18.7. The van der Waals surface area contributed by atoms with Crippen molar-refractivity contribution in [2.45, 2.75) is 44.8 Å². The summed E-state index contributed by atoms with van der Waals surface area (Å²) in [7, 11) is 3.34. The fourth-order valence-corrected chi connectivity index (χ4v) is 3.48. The molecule has 1 aliphatic heterocycles. The highest BCUT2D eigenvalue weighted by Crippen LogP contribution is 2.24. The van der Waals surface area contributed by atoms with E-state index in [9.17, 15) is 4.79 Å². The van der Waals surface area contributed by atoms with E-state index in [1.54, 1.807) is 14.2 Å². The molecule has 0 spiro atoms. The van der Waals surface area contributed by atoms with E-state index in [1.165, 1.54) is 5.56 Å². The molecule has 30 heavy (non-hydrogen) atoms. The number of likely N-dealkylation sites (tertiary alicyclic amines) is 1. The number of benzene rings is 1. The van der Waals surface area contributed by atoms with Crippen LogP contribution in [0.3, 0.4) is 0 Å². The van der Waals surface area contributed by atoms with E-state index in [-0.39, 0.29) is 36.4 Å². The van der Waals surface area contributed by atoms with Crippen LogP contribution in [-0.4, -0.2) is 69.2 Å². The lowest BCUT2D eigenvalue weighted by atomic mass is 10.2.